The highest BCUT2D eigenvalue weighted by molar-refractivity contribution is 5.96. The Balaban J connectivity index is 2.16. The van der Waals surface area contributed by atoms with Gasteiger partial charge in [0.25, 0.3) is 0 Å². The third-order valence-electron chi connectivity index (χ3n) is 10.7. The topological polar surface area (TPSA) is 79.3 Å². The molecule has 2 heterocycles. The van der Waals surface area contributed by atoms with Gasteiger partial charge < -0.3 is 19.5 Å². The average molecular weight is 653 g/mol. The van der Waals surface area contributed by atoms with Gasteiger partial charge in [-0.15, -0.1) is 0 Å². The zero-order valence-corrected chi connectivity index (χ0v) is 31.8. The molecule has 0 saturated carbocycles. The summed E-state index contributed by atoms with van der Waals surface area (Å²) in [4.78, 5) is 33.3. The summed E-state index contributed by atoms with van der Waals surface area (Å²) in [6, 6.07) is 4.00. The molecule has 1 N–H and O–H groups in total. The smallest absolute Gasteiger partial charge is 0.321 e. The zero-order valence-electron chi connectivity index (χ0n) is 31.8. The second kappa shape index (κ2) is 14.0. The number of carbonyl (C=O) groups is 2. The number of benzene rings is 1. The van der Waals surface area contributed by atoms with Crippen molar-refractivity contribution >= 4 is 11.9 Å². The number of carbonyl (C=O) groups excluding carboxylic acids is 2. The summed E-state index contributed by atoms with van der Waals surface area (Å²) in [6.07, 6.45) is 3.78. The molecule has 2 saturated heterocycles. The lowest BCUT2D eigenvalue weighted by atomic mass is 9.74. The Morgan fingerprint density at radius 1 is 0.872 bits per heavy atom. The van der Waals surface area contributed by atoms with Crippen LogP contribution in [0.4, 0.5) is 0 Å². The maximum absolute atomic E-state index is 14.6. The number of hydrogen-bond donors (Lipinski definition) is 1. The van der Waals surface area contributed by atoms with Crippen molar-refractivity contribution in [3.63, 3.8) is 0 Å². The van der Waals surface area contributed by atoms with Crippen molar-refractivity contribution in [2.45, 2.75) is 161 Å². The minimum Gasteiger partial charge on any atom is -0.507 e. The third-order valence-corrected chi connectivity index (χ3v) is 10.7. The molecule has 2 fully saturated rings. The summed E-state index contributed by atoms with van der Waals surface area (Å²) >= 11 is 0. The molecule has 0 radical (unpaired) electrons. The molecule has 7 nitrogen and oxygen atoms in total. The van der Waals surface area contributed by atoms with E-state index in [4.69, 9.17) is 9.47 Å². The van der Waals surface area contributed by atoms with E-state index in [9.17, 15) is 14.7 Å². The molecule has 1 aromatic rings. The van der Waals surface area contributed by atoms with E-state index in [2.05, 4.69) is 101 Å². The summed E-state index contributed by atoms with van der Waals surface area (Å²) in [7, 11) is 4.03. The normalized spacial score (nSPS) is 21.0. The highest BCUT2D eigenvalue weighted by atomic mass is 16.6. The Bertz CT molecular complexity index is 1270. The van der Waals surface area contributed by atoms with Gasteiger partial charge in [0.05, 0.1) is 0 Å². The van der Waals surface area contributed by atoms with Crippen LogP contribution in [0.1, 0.15) is 144 Å². The zero-order chi connectivity index (χ0) is 35.9. The van der Waals surface area contributed by atoms with Crippen LogP contribution in [0.15, 0.2) is 36.7 Å². The van der Waals surface area contributed by atoms with E-state index in [1.54, 1.807) is 0 Å². The van der Waals surface area contributed by atoms with Crippen LogP contribution in [-0.2, 0) is 29.9 Å². The predicted molar refractivity (Wildman–Crippen MR) is 191 cm³/mol. The SMILES string of the molecule is C=C1CC(OC(=O)C(C(=O)OC2CC(C)(C)N(C)C(C)(C)C2)C(CCCC)c2cc(C(C)(C)C)c(O)c(C(C)(C)C)c2)CC(=C)N1C. The molecule has 0 aromatic heterocycles. The standard InChI is InChI=1S/C40H64N2O5/c1-16-17-18-30(27-21-31(37(4,5)6)34(43)32(22-27)38(7,8)9)33(35(44)46-28-19-25(2)41(14)26(3)20-28)36(45)47-29-23-39(10,11)42(15)40(12,13)24-29/h21-22,28-30,33,43H,2-3,16-20,23-24H2,1,4-15H3. The van der Waals surface area contributed by atoms with Gasteiger partial charge in [-0.1, -0.05) is 86.6 Å². The quantitative estimate of drug-likeness (QED) is 0.211. The van der Waals surface area contributed by atoms with Crippen molar-refractivity contribution in [3.8, 4) is 5.75 Å². The van der Waals surface area contributed by atoms with Crippen molar-refractivity contribution in [2.24, 2.45) is 5.92 Å². The van der Waals surface area contributed by atoms with E-state index in [-0.39, 0.29) is 33.8 Å². The van der Waals surface area contributed by atoms with E-state index >= 15 is 0 Å². The molecule has 3 rings (SSSR count). The van der Waals surface area contributed by atoms with Gasteiger partial charge in [0.2, 0.25) is 0 Å². The monoisotopic (exact) mass is 652 g/mol. The second-order valence-corrected chi connectivity index (χ2v) is 17.5. The first kappa shape index (κ1) is 38.6. The van der Waals surface area contributed by atoms with Crippen molar-refractivity contribution in [1.29, 1.82) is 0 Å². The molecular formula is C40H64N2O5. The summed E-state index contributed by atoms with van der Waals surface area (Å²) in [6.45, 7) is 31.5. The molecule has 47 heavy (non-hydrogen) atoms. The average Bonchev–Trinajstić information content (AvgIpc) is 2.91. The number of phenolic OH excluding ortho intramolecular Hbond substituents is 1. The van der Waals surface area contributed by atoms with Crippen LogP contribution >= 0.6 is 0 Å². The van der Waals surface area contributed by atoms with E-state index in [0.29, 0.717) is 32.1 Å². The Labute approximate surface area is 285 Å². The number of phenols is 1. The van der Waals surface area contributed by atoms with Gasteiger partial charge in [0, 0.05) is 61.1 Å². The van der Waals surface area contributed by atoms with E-state index < -0.39 is 29.9 Å². The minimum absolute atomic E-state index is 0.195. The molecule has 1 aromatic carbocycles. The van der Waals surface area contributed by atoms with E-state index in [0.717, 1.165) is 40.9 Å². The van der Waals surface area contributed by atoms with E-state index in [1.165, 1.54) is 0 Å². The van der Waals surface area contributed by atoms with Gasteiger partial charge in [-0.05, 0) is 68.7 Å². The first-order valence-corrected chi connectivity index (χ1v) is 17.5. The molecule has 7 heteroatoms. The lowest BCUT2D eigenvalue weighted by Crippen LogP contribution is -2.60. The Morgan fingerprint density at radius 2 is 1.30 bits per heavy atom. The highest BCUT2D eigenvalue weighted by Crippen LogP contribution is 2.45. The minimum atomic E-state index is -1.17. The fourth-order valence-electron chi connectivity index (χ4n) is 7.41. The number of piperidine rings is 2. The Hall–Kier alpha value is -2.80. The number of unbranched alkanes of at least 4 members (excludes halogenated alkanes) is 1. The number of rotatable bonds is 9. The van der Waals surface area contributed by atoms with Crippen LogP contribution in [0.25, 0.3) is 0 Å². The number of likely N-dealkylation sites (tertiary alicyclic amines) is 2. The van der Waals surface area contributed by atoms with Crippen molar-refractivity contribution in [3.05, 3.63) is 53.4 Å². The van der Waals surface area contributed by atoms with Crippen molar-refractivity contribution in [1.82, 2.24) is 9.80 Å². The second-order valence-electron chi connectivity index (χ2n) is 17.5. The number of esters is 2. The molecule has 2 aliphatic rings. The van der Waals surface area contributed by atoms with E-state index in [1.807, 2.05) is 24.1 Å². The molecule has 0 bridgehead atoms. The maximum Gasteiger partial charge on any atom is 0.321 e. The third kappa shape index (κ3) is 8.82. The molecule has 0 spiro atoms. The molecule has 0 amide bonds. The molecule has 2 aliphatic heterocycles. The van der Waals surface area contributed by atoms with Gasteiger partial charge in [-0.25, -0.2) is 0 Å². The van der Waals surface area contributed by atoms with Crippen molar-refractivity contribution in [2.75, 3.05) is 14.1 Å². The van der Waals surface area contributed by atoms with Gasteiger partial charge in [-0.2, -0.15) is 0 Å². The van der Waals surface area contributed by atoms with Gasteiger partial charge in [-0.3, -0.25) is 14.5 Å². The summed E-state index contributed by atoms with van der Waals surface area (Å²) in [5.41, 5.74) is 2.95. The number of hydrogen-bond acceptors (Lipinski definition) is 7. The Morgan fingerprint density at radius 3 is 1.70 bits per heavy atom. The van der Waals surface area contributed by atoms with Crippen LogP contribution in [-0.4, -0.2) is 64.2 Å². The number of aromatic hydroxyl groups is 1. The maximum atomic E-state index is 14.6. The molecule has 264 valence electrons. The lowest BCUT2D eigenvalue weighted by molar-refractivity contribution is -0.175. The lowest BCUT2D eigenvalue weighted by Gasteiger charge is -2.53. The predicted octanol–water partition coefficient (Wildman–Crippen LogP) is 8.74. The molecule has 2 unspecified atom stereocenters. The largest absolute Gasteiger partial charge is 0.507 e. The summed E-state index contributed by atoms with van der Waals surface area (Å²) in [5, 5.41) is 11.5. The van der Waals surface area contributed by atoms with Crippen LogP contribution < -0.4 is 0 Å². The molecule has 0 aliphatic carbocycles. The number of ether oxygens (including phenoxy) is 2. The fourth-order valence-corrected chi connectivity index (χ4v) is 7.41. The van der Waals surface area contributed by atoms with Gasteiger partial charge in [0.1, 0.15) is 18.0 Å². The van der Waals surface area contributed by atoms with Gasteiger partial charge >= 0.3 is 11.9 Å². The summed E-state index contributed by atoms with van der Waals surface area (Å²) < 4.78 is 12.6. The van der Waals surface area contributed by atoms with Crippen LogP contribution in [0.2, 0.25) is 0 Å². The highest BCUT2D eigenvalue weighted by Gasteiger charge is 2.47. The molecule has 2 atom stereocenters. The summed E-state index contributed by atoms with van der Waals surface area (Å²) in [5.74, 6) is -2.50. The molecular weight excluding hydrogens is 588 g/mol. The van der Waals surface area contributed by atoms with Crippen molar-refractivity contribution < 1.29 is 24.2 Å². The van der Waals surface area contributed by atoms with Crippen LogP contribution in [0.5, 0.6) is 5.75 Å². The van der Waals surface area contributed by atoms with Crippen LogP contribution in [0.3, 0.4) is 0 Å². The first-order valence-electron chi connectivity index (χ1n) is 17.5. The fraction of sp³-hybridized carbons (Fsp3) is 0.700. The van der Waals surface area contributed by atoms with Gasteiger partial charge in [0.15, 0.2) is 5.92 Å². The first-order chi connectivity index (χ1) is 21.4. The Kier molecular flexibility index (Phi) is 11.5. The van der Waals surface area contributed by atoms with Crippen LogP contribution in [0, 0.1) is 5.92 Å². The number of nitrogens with zero attached hydrogens (tertiary/aromatic N) is 2.